The van der Waals surface area contributed by atoms with Crippen molar-refractivity contribution in [2.45, 2.75) is 52.4 Å². The minimum Gasteiger partial charge on any atom is -0.0628 e. The van der Waals surface area contributed by atoms with Gasteiger partial charge in [0.1, 0.15) is 0 Å². The van der Waals surface area contributed by atoms with Gasteiger partial charge in [0.2, 0.25) is 0 Å². The molecule has 3 unspecified atom stereocenters. The smallest absolute Gasteiger partial charge is 0.0380 e. The van der Waals surface area contributed by atoms with E-state index in [2.05, 4.69) is 13.8 Å². The van der Waals surface area contributed by atoms with Crippen LogP contribution in [0.15, 0.2) is 0 Å². The van der Waals surface area contributed by atoms with Gasteiger partial charge in [-0.15, -0.1) is 0 Å². The van der Waals surface area contributed by atoms with Gasteiger partial charge in [0.05, 0.1) is 0 Å². The molecule has 70 valence electrons. The lowest BCUT2D eigenvalue weighted by atomic mass is 9.85. The van der Waals surface area contributed by atoms with Crippen LogP contribution in [0.3, 0.4) is 0 Å². The fourth-order valence-electron chi connectivity index (χ4n) is 2.78. The van der Waals surface area contributed by atoms with E-state index in [1.807, 2.05) is 0 Å². The molecule has 0 bridgehead atoms. The fraction of sp³-hybridized carbons (Fsp3) is 1.00. The van der Waals surface area contributed by atoms with E-state index < -0.39 is 0 Å². The second-order valence-electron chi connectivity index (χ2n) is 5.41. The molecular weight excluding hydrogens is 144 g/mol. The fourth-order valence-corrected chi connectivity index (χ4v) is 2.78. The van der Waals surface area contributed by atoms with Gasteiger partial charge in [-0.25, -0.2) is 0 Å². The quantitative estimate of drug-likeness (QED) is 0.597. The van der Waals surface area contributed by atoms with E-state index in [1.54, 1.807) is 25.7 Å². The molecular formula is C12H22. The monoisotopic (exact) mass is 166 g/mol. The number of hydrogen-bond donors (Lipinski definition) is 0. The predicted octanol–water partition coefficient (Wildman–Crippen LogP) is 3.86. The summed E-state index contributed by atoms with van der Waals surface area (Å²) in [7, 11) is 0. The van der Waals surface area contributed by atoms with E-state index in [4.69, 9.17) is 0 Å². The van der Waals surface area contributed by atoms with Crippen molar-refractivity contribution >= 4 is 0 Å². The molecule has 3 atom stereocenters. The Morgan fingerprint density at radius 2 is 1.92 bits per heavy atom. The van der Waals surface area contributed by atoms with Crippen molar-refractivity contribution in [3.8, 4) is 0 Å². The maximum absolute atomic E-state index is 2.35. The summed E-state index contributed by atoms with van der Waals surface area (Å²) >= 11 is 0. The molecule has 0 aromatic rings. The van der Waals surface area contributed by atoms with Gasteiger partial charge < -0.3 is 0 Å². The highest BCUT2D eigenvalue weighted by Crippen LogP contribution is 2.52. The summed E-state index contributed by atoms with van der Waals surface area (Å²) in [4.78, 5) is 0. The summed E-state index contributed by atoms with van der Waals surface area (Å²) in [6.07, 6.45) is 9.25. The van der Waals surface area contributed by atoms with Crippen LogP contribution in [0.25, 0.3) is 0 Å². The van der Waals surface area contributed by atoms with Crippen molar-refractivity contribution in [3.05, 3.63) is 0 Å². The molecule has 0 N–H and O–H groups in total. The largest absolute Gasteiger partial charge is 0.0628 e. The van der Waals surface area contributed by atoms with Crippen LogP contribution in [0.4, 0.5) is 0 Å². The van der Waals surface area contributed by atoms with Crippen molar-refractivity contribution < 1.29 is 0 Å². The zero-order valence-corrected chi connectivity index (χ0v) is 8.55. The van der Waals surface area contributed by atoms with Crippen molar-refractivity contribution in [2.75, 3.05) is 0 Å². The van der Waals surface area contributed by atoms with E-state index >= 15 is 0 Å². The van der Waals surface area contributed by atoms with Gasteiger partial charge in [-0.2, -0.15) is 0 Å². The molecule has 2 aliphatic carbocycles. The van der Waals surface area contributed by atoms with Crippen LogP contribution in [-0.4, -0.2) is 0 Å². The molecule has 0 radical (unpaired) electrons. The highest BCUT2D eigenvalue weighted by Gasteiger charge is 2.41. The van der Waals surface area contributed by atoms with Gasteiger partial charge in [-0.3, -0.25) is 0 Å². The molecule has 12 heavy (non-hydrogen) atoms. The third-order valence-corrected chi connectivity index (χ3v) is 3.80. The Morgan fingerprint density at radius 1 is 1.08 bits per heavy atom. The second-order valence-corrected chi connectivity index (χ2v) is 5.41. The van der Waals surface area contributed by atoms with Crippen LogP contribution in [0.1, 0.15) is 52.4 Å². The highest BCUT2D eigenvalue weighted by atomic mass is 14.5. The van der Waals surface area contributed by atoms with Gasteiger partial charge >= 0.3 is 0 Å². The van der Waals surface area contributed by atoms with Crippen LogP contribution in [0.5, 0.6) is 0 Å². The highest BCUT2D eigenvalue weighted by molar-refractivity contribution is 4.92. The molecule has 0 heteroatoms. The summed E-state index contributed by atoms with van der Waals surface area (Å²) in [6.45, 7) is 4.70. The lowest BCUT2D eigenvalue weighted by Crippen LogP contribution is -2.09. The average Bonchev–Trinajstić information content (AvgIpc) is 2.78. The van der Waals surface area contributed by atoms with E-state index in [1.165, 1.54) is 24.7 Å². The maximum Gasteiger partial charge on any atom is -0.0380 e. The van der Waals surface area contributed by atoms with Gasteiger partial charge in [0, 0.05) is 0 Å². The Labute approximate surface area is 76.7 Å². The van der Waals surface area contributed by atoms with Crippen molar-refractivity contribution in [1.82, 2.24) is 0 Å². The molecule has 2 saturated carbocycles. The predicted molar refractivity (Wildman–Crippen MR) is 53.0 cm³/mol. The summed E-state index contributed by atoms with van der Waals surface area (Å²) in [5.41, 5.74) is 0. The van der Waals surface area contributed by atoms with Crippen molar-refractivity contribution in [1.29, 1.82) is 0 Å². The first-order valence-electron chi connectivity index (χ1n) is 5.75. The van der Waals surface area contributed by atoms with Crippen molar-refractivity contribution in [2.24, 2.45) is 23.7 Å². The first kappa shape index (κ1) is 8.59. The van der Waals surface area contributed by atoms with Crippen LogP contribution in [-0.2, 0) is 0 Å². The zero-order valence-electron chi connectivity index (χ0n) is 8.55. The molecule has 0 aromatic carbocycles. The molecule has 0 nitrogen and oxygen atoms in total. The van der Waals surface area contributed by atoms with Gasteiger partial charge in [-0.1, -0.05) is 33.1 Å². The Morgan fingerprint density at radius 3 is 2.58 bits per heavy atom. The Balaban J connectivity index is 1.67. The van der Waals surface area contributed by atoms with Gasteiger partial charge in [-0.05, 0) is 42.9 Å². The first-order chi connectivity index (χ1) is 5.75. The van der Waals surface area contributed by atoms with Gasteiger partial charge in [0.15, 0.2) is 0 Å². The Hall–Kier alpha value is 0. The Bertz CT molecular complexity index is 148. The molecule has 0 spiro atoms. The molecule has 0 saturated heterocycles. The minimum atomic E-state index is 0.918. The zero-order chi connectivity index (χ0) is 8.55. The standard InChI is InChI=1S/C12H22/c1-9(2)3-4-10-5-6-11-8-12(11)7-10/h9-12H,3-8H2,1-2H3. The molecule has 2 fully saturated rings. The lowest BCUT2D eigenvalue weighted by Gasteiger charge is -2.21. The molecule has 0 amide bonds. The van der Waals surface area contributed by atoms with Crippen LogP contribution in [0, 0.1) is 23.7 Å². The second kappa shape index (κ2) is 3.40. The van der Waals surface area contributed by atoms with Crippen LogP contribution >= 0.6 is 0 Å². The molecule has 2 rings (SSSR count). The summed E-state index contributed by atoms with van der Waals surface area (Å²) in [6, 6.07) is 0. The first-order valence-corrected chi connectivity index (χ1v) is 5.75. The number of fused-ring (bicyclic) bond motifs is 1. The maximum atomic E-state index is 2.35. The lowest BCUT2D eigenvalue weighted by molar-refractivity contribution is 0.306. The van der Waals surface area contributed by atoms with E-state index in [0.717, 1.165) is 11.8 Å². The number of rotatable bonds is 3. The van der Waals surface area contributed by atoms with Crippen LogP contribution < -0.4 is 0 Å². The third-order valence-electron chi connectivity index (χ3n) is 3.80. The topological polar surface area (TPSA) is 0 Å². The van der Waals surface area contributed by atoms with Crippen LogP contribution in [0.2, 0.25) is 0 Å². The molecule has 0 heterocycles. The summed E-state index contributed by atoms with van der Waals surface area (Å²) in [5, 5.41) is 0. The SMILES string of the molecule is CC(C)CCC1CCC2CC2C1. The minimum absolute atomic E-state index is 0.918. The van der Waals surface area contributed by atoms with Gasteiger partial charge in [0.25, 0.3) is 0 Å². The van der Waals surface area contributed by atoms with E-state index in [9.17, 15) is 0 Å². The van der Waals surface area contributed by atoms with E-state index in [0.29, 0.717) is 0 Å². The normalized spacial score (nSPS) is 39.8. The third kappa shape index (κ3) is 2.02. The summed E-state index contributed by atoms with van der Waals surface area (Å²) in [5.74, 6) is 4.38. The summed E-state index contributed by atoms with van der Waals surface area (Å²) < 4.78 is 0. The Kier molecular flexibility index (Phi) is 2.43. The average molecular weight is 166 g/mol. The van der Waals surface area contributed by atoms with Crippen molar-refractivity contribution in [3.63, 3.8) is 0 Å². The molecule has 0 aromatic heterocycles. The molecule has 0 aliphatic heterocycles. The van der Waals surface area contributed by atoms with E-state index in [-0.39, 0.29) is 0 Å². The number of hydrogen-bond acceptors (Lipinski definition) is 0. The molecule has 2 aliphatic rings.